The van der Waals surface area contributed by atoms with E-state index >= 15 is 0 Å². The molecule has 0 radical (unpaired) electrons. The molecule has 0 spiro atoms. The fourth-order valence-electron chi connectivity index (χ4n) is 3.38. The number of carboxylic acid groups (broad SMARTS) is 2. The molecular formula is C24H28O5. The highest BCUT2D eigenvalue weighted by atomic mass is 16.4. The van der Waals surface area contributed by atoms with Crippen molar-refractivity contribution in [2.75, 3.05) is 0 Å². The van der Waals surface area contributed by atoms with Crippen LogP contribution in [0.5, 0.6) is 0 Å². The van der Waals surface area contributed by atoms with Gasteiger partial charge in [0.05, 0.1) is 5.92 Å². The van der Waals surface area contributed by atoms with E-state index in [1.807, 2.05) is 54.6 Å². The van der Waals surface area contributed by atoms with Crippen molar-refractivity contribution in [2.24, 2.45) is 11.8 Å². The molecule has 0 aromatic heterocycles. The van der Waals surface area contributed by atoms with Crippen LogP contribution >= 0.6 is 0 Å². The Morgan fingerprint density at radius 3 is 2.00 bits per heavy atom. The number of hydrogen-bond acceptors (Lipinski definition) is 3. The van der Waals surface area contributed by atoms with Crippen LogP contribution < -0.4 is 0 Å². The topological polar surface area (TPSA) is 91.7 Å². The van der Waals surface area contributed by atoms with Gasteiger partial charge in [0.2, 0.25) is 0 Å². The van der Waals surface area contributed by atoms with E-state index in [9.17, 15) is 19.5 Å². The average Bonchev–Trinajstić information content (AvgIpc) is 2.71. The number of carbonyl (C=O) groups excluding carboxylic acids is 1. The van der Waals surface area contributed by atoms with Crippen LogP contribution in [-0.2, 0) is 20.8 Å². The van der Waals surface area contributed by atoms with Crippen LogP contribution in [0, 0.1) is 11.8 Å². The van der Waals surface area contributed by atoms with Gasteiger partial charge in [0.1, 0.15) is 5.78 Å². The quantitative estimate of drug-likeness (QED) is 0.501. The normalized spacial score (nSPS) is 12.9. The van der Waals surface area contributed by atoms with Gasteiger partial charge in [0.15, 0.2) is 0 Å². The Labute approximate surface area is 171 Å². The Balaban J connectivity index is 2.04. The molecule has 154 valence electrons. The van der Waals surface area contributed by atoms with E-state index in [0.717, 1.165) is 16.7 Å². The summed E-state index contributed by atoms with van der Waals surface area (Å²) in [7, 11) is 0. The van der Waals surface area contributed by atoms with Gasteiger partial charge in [-0.1, -0.05) is 61.5 Å². The lowest BCUT2D eigenvalue weighted by Crippen LogP contribution is -2.23. The molecule has 0 heterocycles. The minimum absolute atomic E-state index is 0.00984. The van der Waals surface area contributed by atoms with Gasteiger partial charge in [0, 0.05) is 18.8 Å². The maximum Gasteiger partial charge on any atom is 0.306 e. The molecule has 5 heteroatoms. The highest BCUT2D eigenvalue weighted by Crippen LogP contribution is 2.24. The summed E-state index contributed by atoms with van der Waals surface area (Å²) in [5, 5.41) is 18.0. The Kier molecular flexibility index (Phi) is 8.59. The number of carboxylic acids is 2. The first-order valence-electron chi connectivity index (χ1n) is 9.98. The summed E-state index contributed by atoms with van der Waals surface area (Å²) in [4.78, 5) is 34.6. The van der Waals surface area contributed by atoms with Crippen LogP contribution in [0.2, 0.25) is 0 Å². The highest BCUT2D eigenvalue weighted by molar-refractivity contribution is 5.82. The van der Waals surface area contributed by atoms with Crippen molar-refractivity contribution in [3.63, 3.8) is 0 Å². The molecule has 2 N–H and O–H groups in total. The highest BCUT2D eigenvalue weighted by Gasteiger charge is 2.24. The first kappa shape index (κ1) is 22.3. The van der Waals surface area contributed by atoms with Crippen LogP contribution in [0.1, 0.15) is 44.6 Å². The lowest BCUT2D eigenvalue weighted by atomic mass is 9.85. The number of carbonyl (C=O) groups is 3. The maximum atomic E-state index is 12.7. The van der Waals surface area contributed by atoms with Crippen LogP contribution in [-0.4, -0.2) is 27.9 Å². The van der Waals surface area contributed by atoms with Gasteiger partial charge >= 0.3 is 11.9 Å². The number of aliphatic carboxylic acids is 2. The molecule has 2 atom stereocenters. The van der Waals surface area contributed by atoms with Crippen LogP contribution in [0.4, 0.5) is 0 Å². The maximum absolute atomic E-state index is 12.7. The second-order valence-corrected chi connectivity index (χ2v) is 7.51. The minimum Gasteiger partial charge on any atom is -0.481 e. The van der Waals surface area contributed by atoms with Crippen LogP contribution in [0.15, 0.2) is 54.6 Å². The summed E-state index contributed by atoms with van der Waals surface area (Å²) >= 11 is 0. The molecule has 5 nitrogen and oxygen atoms in total. The summed E-state index contributed by atoms with van der Waals surface area (Å²) in [6.07, 6.45) is 2.07. The van der Waals surface area contributed by atoms with Crippen molar-refractivity contribution in [3.05, 3.63) is 60.2 Å². The van der Waals surface area contributed by atoms with Gasteiger partial charge in [0.25, 0.3) is 0 Å². The molecule has 0 amide bonds. The number of Topliss-reactive ketones (excluding diaryl/α,β-unsaturated/α-hetero) is 1. The molecule has 2 aromatic carbocycles. The predicted molar refractivity (Wildman–Crippen MR) is 112 cm³/mol. The molecular weight excluding hydrogens is 368 g/mol. The zero-order chi connectivity index (χ0) is 21.2. The third-order valence-electron chi connectivity index (χ3n) is 5.12. The van der Waals surface area contributed by atoms with Gasteiger partial charge in [-0.3, -0.25) is 14.4 Å². The van der Waals surface area contributed by atoms with E-state index in [0.29, 0.717) is 19.3 Å². The lowest BCUT2D eigenvalue weighted by molar-refractivity contribution is -0.142. The SMILES string of the molecule is C[C@@H](C[C@@H](Cc1ccc(-c2ccccc2)cc1)C(=O)CCCCC(=O)O)C(=O)O. The minimum atomic E-state index is -0.909. The van der Waals surface area contributed by atoms with Crippen molar-refractivity contribution in [2.45, 2.75) is 45.4 Å². The van der Waals surface area contributed by atoms with Gasteiger partial charge < -0.3 is 10.2 Å². The zero-order valence-electron chi connectivity index (χ0n) is 16.7. The van der Waals surface area contributed by atoms with E-state index < -0.39 is 17.9 Å². The summed E-state index contributed by atoms with van der Waals surface area (Å²) in [5.41, 5.74) is 3.19. The second kappa shape index (κ2) is 11.1. The van der Waals surface area contributed by atoms with Gasteiger partial charge in [-0.25, -0.2) is 0 Å². The number of benzene rings is 2. The average molecular weight is 396 g/mol. The van der Waals surface area contributed by atoms with Crippen molar-refractivity contribution >= 4 is 17.7 Å². The second-order valence-electron chi connectivity index (χ2n) is 7.51. The van der Waals surface area contributed by atoms with Crippen molar-refractivity contribution in [3.8, 4) is 11.1 Å². The summed E-state index contributed by atoms with van der Waals surface area (Å²) in [6.45, 7) is 1.62. The molecule has 29 heavy (non-hydrogen) atoms. The predicted octanol–water partition coefficient (Wildman–Crippen LogP) is 4.84. The smallest absolute Gasteiger partial charge is 0.306 e. The number of rotatable bonds is 12. The fourth-order valence-corrected chi connectivity index (χ4v) is 3.38. The Morgan fingerprint density at radius 1 is 0.828 bits per heavy atom. The first-order valence-corrected chi connectivity index (χ1v) is 9.98. The van der Waals surface area contributed by atoms with E-state index in [4.69, 9.17) is 5.11 Å². The molecule has 0 unspecified atom stereocenters. The third-order valence-corrected chi connectivity index (χ3v) is 5.12. The van der Waals surface area contributed by atoms with E-state index in [1.54, 1.807) is 6.92 Å². The number of ketones is 1. The van der Waals surface area contributed by atoms with Gasteiger partial charge in [-0.05, 0) is 42.4 Å². The van der Waals surface area contributed by atoms with E-state index in [1.165, 1.54) is 0 Å². The van der Waals surface area contributed by atoms with Crippen molar-refractivity contribution in [1.82, 2.24) is 0 Å². The lowest BCUT2D eigenvalue weighted by Gasteiger charge is -2.18. The fraction of sp³-hybridized carbons (Fsp3) is 0.375. The molecule has 2 aromatic rings. The molecule has 0 fully saturated rings. The number of hydrogen-bond donors (Lipinski definition) is 2. The summed E-state index contributed by atoms with van der Waals surface area (Å²) in [6, 6.07) is 18.0. The Hall–Kier alpha value is -2.95. The Morgan fingerprint density at radius 2 is 1.41 bits per heavy atom. The monoisotopic (exact) mass is 396 g/mol. The summed E-state index contributed by atoms with van der Waals surface area (Å²) < 4.78 is 0. The zero-order valence-corrected chi connectivity index (χ0v) is 16.7. The molecule has 2 rings (SSSR count). The van der Waals surface area contributed by atoms with E-state index in [-0.39, 0.29) is 31.0 Å². The third kappa shape index (κ3) is 7.53. The van der Waals surface area contributed by atoms with Crippen molar-refractivity contribution in [1.29, 1.82) is 0 Å². The molecule has 0 saturated carbocycles. The van der Waals surface area contributed by atoms with E-state index in [2.05, 4.69) is 0 Å². The summed E-state index contributed by atoms with van der Waals surface area (Å²) in [5.74, 6) is -2.75. The first-order chi connectivity index (χ1) is 13.9. The molecule has 0 aliphatic rings. The Bertz CT molecular complexity index is 811. The van der Waals surface area contributed by atoms with Gasteiger partial charge in [-0.2, -0.15) is 0 Å². The van der Waals surface area contributed by atoms with Gasteiger partial charge in [-0.15, -0.1) is 0 Å². The van der Waals surface area contributed by atoms with Crippen LogP contribution in [0.25, 0.3) is 11.1 Å². The van der Waals surface area contributed by atoms with Crippen LogP contribution in [0.3, 0.4) is 0 Å². The largest absolute Gasteiger partial charge is 0.481 e. The standard InChI is InChI=1S/C24H28O5/c1-17(24(28)29)15-21(22(25)9-5-6-10-23(26)27)16-18-11-13-20(14-12-18)19-7-3-2-4-8-19/h2-4,7-8,11-14,17,21H,5-6,9-10,15-16H2,1H3,(H,26,27)(H,28,29)/t17-,21-/m0/s1. The van der Waals surface area contributed by atoms with Crippen molar-refractivity contribution < 1.29 is 24.6 Å². The number of unbranched alkanes of at least 4 members (excludes halogenated alkanes) is 1. The molecule has 0 bridgehead atoms. The molecule has 0 aliphatic heterocycles. The molecule has 0 saturated heterocycles. The molecule has 0 aliphatic carbocycles.